The molecular formula is C11H15O2. The van der Waals surface area contributed by atoms with Crippen molar-refractivity contribution in [1.29, 1.82) is 0 Å². The van der Waals surface area contributed by atoms with E-state index >= 15 is 0 Å². The lowest BCUT2D eigenvalue weighted by Crippen LogP contribution is -2.01. The molecule has 1 radical (unpaired) electrons. The van der Waals surface area contributed by atoms with Gasteiger partial charge in [-0.15, -0.1) is 0 Å². The van der Waals surface area contributed by atoms with Crippen molar-refractivity contribution in [1.82, 2.24) is 0 Å². The Hall–Kier alpha value is -1.02. The number of ether oxygens (including phenoxy) is 1. The molecule has 2 heteroatoms. The Labute approximate surface area is 79.2 Å². The highest BCUT2D eigenvalue weighted by Crippen LogP contribution is 2.12. The highest BCUT2D eigenvalue weighted by atomic mass is 16.5. The second-order valence-electron chi connectivity index (χ2n) is 2.82. The molecule has 1 N–H and O–H groups in total. The van der Waals surface area contributed by atoms with E-state index in [0.717, 1.165) is 18.6 Å². The Morgan fingerprint density at radius 1 is 1.23 bits per heavy atom. The van der Waals surface area contributed by atoms with E-state index < -0.39 is 0 Å². The molecule has 0 bridgehead atoms. The van der Waals surface area contributed by atoms with Gasteiger partial charge in [0, 0.05) is 0 Å². The molecule has 0 aliphatic carbocycles. The van der Waals surface area contributed by atoms with E-state index in [2.05, 4.69) is 6.92 Å². The summed E-state index contributed by atoms with van der Waals surface area (Å²) in [5, 5.41) is 8.53. The maximum Gasteiger partial charge on any atom is 0.119 e. The fourth-order valence-electron chi connectivity index (χ4n) is 1.12. The van der Waals surface area contributed by atoms with E-state index in [0.29, 0.717) is 6.61 Å². The van der Waals surface area contributed by atoms with Gasteiger partial charge >= 0.3 is 0 Å². The molecule has 0 heterocycles. The van der Waals surface area contributed by atoms with Crippen molar-refractivity contribution in [2.75, 3.05) is 13.2 Å². The predicted octanol–water partition coefficient (Wildman–Crippen LogP) is 1.82. The number of benzene rings is 1. The van der Waals surface area contributed by atoms with E-state index in [1.54, 1.807) is 0 Å². The van der Waals surface area contributed by atoms with Gasteiger partial charge in [-0.05, 0) is 30.5 Å². The third-order valence-electron chi connectivity index (χ3n) is 1.75. The van der Waals surface area contributed by atoms with Crippen LogP contribution in [0.3, 0.4) is 0 Å². The zero-order valence-electron chi connectivity index (χ0n) is 7.70. The molecular weight excluding hydrogens is 164 g/mol. The Bertz CT molecular complexity index is 228. The van der Waals surface area contributed by atoms with Crippen LogP contribution in [0.2, 0.25) is 0 Å². The van der Waals surface area contributed by atoms with Crippen molar-refractivity contribution < 1.29 is 9.84 Å². The summed E-state index contributed by atoms with van der Waals surface area (Å²) in [7, 11) is 0. The smallest absolute Gasteiger partial charge is 0.119 e. The molecule has 0 unspecified atom stereocenters. The van der Waals surface area contributed by atoms with Crippen LogP contribution < -0.4 is 4.74 Å². The molecule has 0 aromatic heterocycles. The molecule has 2 nitrogen and oxygen atoms in total. The van der Waals surface area contributed by atoms with Crippen molar-refractivity contribution >= 4 is 0 Å². The van der Waals surface area contributed by atoms with E-state index in [1.807, 2.05) is 24.3 Å². The van der Waals surface area contributed by atoms with Crippen LogP contribution in [0.1, 0.15) is 12.0 Å². The van der Waals surface area contributed by atoms with E-state index in [-0.39, 0.29) is 6.61 Å². The van der Waals surface area contributed by atoms with Gasteiger partial charge in [0.2, 0.25) is 0 Å². The summed E-state index contributed by atoms with van der Waals surface area (Å²) in [5.41, 5.74) is 1.27. The summed E-state index contributed by atoms with van der Waals surface area (Å²) >= 11 is 0. The first-order valence-corrected chi connectivity index (χ1v) is 4.48. The first kappa shape index (κ1) is 10.1. The molecule has 13 heavy (non-hydrogen) atoms. The lowest BCUT2D eigenvalue weighted by molar-refractivity contribution is 0.201. The molecule has 0 amide bonds. The van der Waals surface area contributed by atoms with Crippen molar-refractivity contribution in [2.45, 2.75) is 12.8 Å². The normalized spacial score (nSPS) is 10.0. The molecule has 1 rings (SSSR count). The summed E-state index contributed by atoms with van der Waals surface area (Å²) in [6.07, 6.45) is 1.91. The van der Waals surface area contributed by atoms with Crippen LogP contribution in [0.4, 0.5) is 0 Å². The molecule has 0 saturated heterocycles. The summed E-state index contributed by atoms with van der Waals surface area (Å²) in [5.74, 6) is 0.807. The topological polar surface area (TPSA) is 29.5 Å². The number of hydrogen-bond acceptors (Lipinski definition) is 2. The fourth-order valence-corrected chi connectivity index (χ4v) is 1.12. The lowest BCUT2D eigenvalue weighted by atomic mass is 10.1. The molecule has 71 valence electrons. The third-order valence-corrected chi connectivity index (χ3v) is 1.75. The maximum atomic E-state index is 8.53. The lowest BCUT2D eigenvalue weighted by Gasteiger charge is -2.04. The summed E-state index contributed by atoms with van der Waals surface area (Å²) < 4.78 is 5.22. The van der Waals surface area contributed by atoms with Crippen molar-refractivity contribution in [3.8, 4) is 5.75 Å². The van der Waals surface area contributed by atoms with Crippen LogP contribution >= 0.6 is 0 Å². The number of aliphatic hydroxyl groups excluding tert-OH is 1. The van der Waals surface area contributed by atoms with Crippen LogP contribution in [0.15, 0.2) is 24.3 Å². The van der Waals surface area contributed by atoms with Gasteiger partial charge in [0.05, 0.1) is 6.61 Å². The minimum Gasteiger partial charge on any atom is -0.491 e. The zero-order valence-corrected chi connectivity index (χ0v) is 7.70. The van der Waals surface area contributed by atoms with Crippen LogP contribution in [0.5, 0.6) is 5.75 Å². The Kier molecular flexibility index (Phi) is 4.33. The first-order valence-electron chi connectivity index (χ1n) is 4.48. The number of aryl methyl sites for hydroxylation is 1. The molecule has 0 aliphatic rings. The first-order chi connectivity index (χ1) is 6.36. The van der Waals surface area contributed by atoms with Crippen LogP contribution in [0, 0.1) is 6.92 Å². The summed E-state index contributed by atoms with van der Waals surface area (Å²) in [4.78, 5) is 0. The van der Waals surface area contributed by atoms with Gasteiger partial charge in [0.1, 0.15) is 12.4 Å². The second-order valence-corrected chi connectivity index (χ2v) is 2.82. The molecule has 0 saturated carbocycles. The second kappa shape index (κ2) is 5.60. The van der Waals surface area contributed by atoms with Gasteiger partial charge in [0.15, 0.2) is 0 Å². The van der Waals surface area contributed by atoms with Gasteiger partial charge in [-0.2, -0.15) is 0 Å². The number of hydrogen-bond donors (Lipinski definition) is 1. The minimum absolute atomic E-state index is 0.0562. The molecule has 0 fully saturated rings. The largest absolute Gasteiger partial charge is 0.491 e. The molecule has 1 aromatic carbocycles. The quantitative estimate of drug-likeness (QED) is 0.747. The van der Waals surface area contributed by atoms with Gasteiger partial charge in [-0.1, -0.05) is 19.1 Å². The van der Waals surface area contributed by atoms with Crippen molar-refractivity contribution in [3.05, 3.63) is 36.8 Å². The van der Waals surface area contributed by atoms with Crippen LogP contribution in [-0.2, 0) is 6.42 Å². The van der Waals surface area contributed by atoms with Gasteiger partial charge in [0.25, 0.3) is 0 Å². The van der Waals surface area contributed by atoms with Gasteiger partial charge in [-0.25, -0.2) is 0 Å². The molecule has 0 spiro atoms. The van der Waals surface area contributed by atoms with E-state index in [1.165, 1.54) is 5.56 Å². The van der Waals surface area contributed by atoms with Crippen molar-refractivity contribution in [3.63, 3.8) is 0 Å². The van der Waals surface area contributed by atoms with Crippen LogP contribution in [-0.4, -0.2) is 18.3 Å². The van der Waals surface area contributed by atoms with E-state index in [4.69, 9.17) is 9.84 Å². The van der Waals surface area contributed by atoms with E-state index in [9.17, 15) is 0 Å². The summed E-state index contributed by atoms with van der Waals surface area (Å²) in [6.45, 7) is 4.20. The Morgan fingerprint density at radius 3 is 2.46 bits per heavy atom. The Balaban J connectivity index is 2.48. The number of aliphatic hydroxyl groups is 1. The average molecular weight is 179 g/mol. The SMILES string of the molecule is [CH2]CCc1ccc(OCCO)cc1. The van der Waals surface area contributed by atoms with Gasteiger partial charge < -0.3 is 9.84 Å². The van der Waals surface area contributed by atoms with Gasteiger partial charge in [-0.3, -0.25) is 0 Å². The fraction of sp³-hybridized carbons (Fsp3) is 0.364. The molecule has 0 atom stereocenters. The summed E-state index contributed by atoms with van der Waals surface area (Å²) in [6, 6.07) is 7.89. The van der Waals surface area contributed by atoms with Crippen molar-refractivity contribution in [2.24, 2.45) is 0 Å². The highest BCUT2D eigenvalue weighted by Gasteiger charge is 1.93. The molecule has 0 aliphatic heterocycles. The number of rotatable bonds is 5. The highest BCUT2D eigenvalue weighted by molar-refractivity contribution is 5.27. The average Bonchev–Trinajstić information content (AvgIpc) is 2.17. The predicted molar refractivity (Wildman–Crippen MR) is 52.7 cm³/mol. The monoisotopic (exact) mass is 179 g/mol. The Morgan fingerprint density at radius 2 is 1.92 bits per heavy atom. The van der Waals surface area contributed by atoms with Crippen LogP contribution in [0.25, 0.3) is 0 Å². The zero-order chi connectivity index (χ0) is 9.52. The standard InChI is InChI=1S/C11H15O2/c1-2-3-10-4-6-11(7-5-10)13-9-8-12/h4-7,12H,1-3,8-9H2. The minimum atomic E-state index is 0.0562. The maximum absolute atomic E-state index is 8.53. The third kappa shape index (κ3) is 3.47. The molecule has 1 aromatic rings.